The smallest absolute Gasteiger partial charge is 0.322 e. The van der Waals surface area contributed by atoms with E-state index in [2.05, 4.69) is 20.3 Å². The Bertz CT molecular complexity index is 566. The molecule has 1 heterocycles. The fourth-order valence-corrected chi connectivity index (χ4v) is 1.68. The van der Waals surface area contributed by atoms with Crippen molar-refractivity contribution in [3.8, 4) is 11.8 Å². The quantitative estimate of drug-likeness (QED) is 0.793. The van der Waals surface area contributed by atoms with Crippen molar-refractivity contribution in [2.75, 3.05) is 18.5 Å². The Hall–Kier alpha value is -2.08. The van der Waals surface area contributed by atoms with Gasteiger partial charge in [0.05, 0.1) is 12.6 Å². The van der Waals surface area contributed by atoms with Crippen LogP contribution in [0.2, 0.25) is 5.28 Å². The van der Waals surface area contributed by atoms with Crippen LogP contribution >= 0.6 is 11.6 Å². The third kappa shape index (κ3) is 5.43. The first-order valence-corrected chi connectivity index (χ1v) is 7.01. The molecule has 0 saturated carbocycles. The number of aromatic nitrogens is 3. The van der Waals surface area contributed by atoms with Crippen molar-refractivity contribution in [2.45, 2.75) is 20.0 Å². The average molecular weight is 309 g/mol. The first-order chi connectivity index (χ1) is 10.1. The Kier molecular flexibility index (Phi) is 5.57. The second kappa shape index (κ2) is 7.64. The van der Waals surface area contributed by atoms with Gasteiger partial charge in [-0.05, 0) is 37.6 Å². The average Bonchev–Trinajstić information content (AvgIpc) is 2.43. The molecule has 7 heteroatoms. The van der Waals surface area contributed by atoms with Crippen LogP contribution in [0.4, 0.5) is 5.95 Å². The van der Waals surface area contributed by atoms with E-state index in [1.807, 2.05) is 44.2 Å². The maximum absolute atomic E-state index is 5.83. The lowest BCUT2D eigenvalue weighted by Crippen LogP contribution is -2.15. The van der Waals surface area contributed by atoms with Gasteiger partial charge in [-0.15, -0.1) is 0 Å². The molecule has 0 atom stereocenters. The first-order valence-electron chi connectivity index (χ1n) is 6.63. The standard InChI is InChI=1S/C14H17ClN4O2/c1-10(2)21-14-18-12(15)17-13(19-14)16-8-9-20-11-6-4-3-5-7-11/h3-7,10H,8-9H2,1-2H3,(H,16,17,18,19). The molecule has 21 heavy (non-hydrogen) atoms. The third-order valence-electron chi connectivity index (χ3n) is 2.33. The van der Waals surface area contributed by atoms with E-state index >= 15 is 0 Å². The Morgan fingerprint density at radius 3 is 2.62 bits per heavy atom. The molecule has 0 aliphatic carbocycles. The van der Waals surface area contributed by atoms with Crippen LogP contribution < -0.4 is 14.8 Å². The summed E-state index contributed by atoms with van der Waals surface area (Å²) in [6, 6.07) is 9.78. The van der Waals surface area contributed by atoms with Gasteiger partial charge in [-0.3, -0.25) is 0 Å². The van der Waals surface area contributed by atoms with Gasteiger partial charge in [0.25, 0.3) is 0 Å². The molecule has 0 amide bonds. The second-order valence-electron chi connectivity index (χ2n) is 4.47. The summed E-state index contributed by atoms with van der Waals surface area (Å²) in [5, 5.41) is 3.11. The van der Waals surface area contributed by atoms with Gasteiger partial charge in [-0.25, -0.2) is 0 Å². The summed E-state index contributed by atoms with van der Waals surface area (Å²) < 4.78 is 10.9. The van der Waals surface area contributed by atoms with Gasteiger partial charge in [-0.1, -0.05) is 18.2 Å². The number of hydrogen-bond acceptors (Lipinski definition) is 6. The van der Waals surface area contributed by atoms with E-state index in [1.165, 1.54) is 0 Å². The lowest BCUT2D eigenvalue weighted by atomic mass is 10.3. The largest absolute Gasteiger partial charge is 0.492 e. The topological polar surface area (TPSA) is 69.2 Å². The van der Waals surface area contributed by atoms with E-state index < -0.39 is 0 Å². The molecular weight excluding hydrogens is 292 g/mol. The number of nitrogens with zero attached hydrogens (tertiary/aromatic N) is 3. The zero-order chi connectivity index (χ0) is 15.1. The van der Waals surface area contributed by atoms with Crippen LogP contribution in [-0.4, -0.2) is 34.2 Å². The van der Waals surface area contributed by atoms with Gasteiger partial charge >= 0.3 is 6.01 Å². The Labute approximate surface area is 128 Å². The molecule has 1 aromatic heterocycles. The van der Waals surface area contributed by atoms with Gasteiger partial charge in [0, 0.05) is 0 Å². The summed E-state index contributed by atoms with van der Waals surface area (Å²) in [5.41, 5.74) is 0. The first kappa shape index (κ1) is 15.3. The van der Waals surface area contributed by atoms with E-state index in [0.717, 1.165) is 5.75 Å². The molecule has 0 aliphatic heterocycles. The molecule has 1 aromatic carbocycles. The minimum absolute atomic E-state index is 0.0299. The van der Waals surface area contributed by atoms with Crippen molar-refractivity contribution < 1.29 is 9.47 Å². The van der Waals surface area contributed by atoms with Gasteiger partial charge < -0.3 is 14.8 Å². The molecule has 0 saturated heterocycles. The molecule has 6 nitrogen and oxygen atoms in total. The van der Waals surface area contributed by atoms with E-state index in [0.29, 0.717) is 19.1 Å². The summed E-state index contributed by atoms with van der Waals surface area (Å²) in [6.07, 6.45) is -0.0299. The van der Waals surface area contributed by atoms with E-state index in [-0.39, 0.29) is 17.4 Å². The van der Waals surface area contributed by atoms with Crippen molar-refractivity contribution in [2.24, 2.45) is 0 Å². The van der Waals surface area contributed by atoms with Gasteiger partial charge in [-0.2, -0.15) is 15.0 Å². The molecule has 2 rings (SSSR count). The van der Waals surface area contributed by atoms with Crippen LogP contribution in [0.5, 0.6) is 11.8 Å². The third-order valence-corrected chi connectivity index (χ3v) is 2.49. The van der Waals surface area contributed by atoms with Gasteiger partial charge in [0.2, 0.25) is 11.2 Å². The van der Waals surface area contributed by atoms with Crippen LogP contribution in [0, 0.1) is 0 Å². The highest BCUT2D eigenvalue weighted by atomic mass is 35.5. The monoisotopic (exact) mass is 308 g/mol. The number of ether oxygens (including phenoxy) is 2. The molecule has 112 valence electrons. The number of halogens is 1. The molecule has 0 unspecified atom stereocenters. The van der Waals surface area contributed by atoms with Gasteiger partial charge in [0.1, 0.15) is 12.4 Å². The zero-order valence-electron chi connectivity index (χ0n) is 11.9. The molecule has 1 N–H and O–H groups in total. The molecule has 0 radical (unpaired) electrons. The highest BCUT2D eigenvalue weighted by molar-refractivity contribution is 6.28. The summed E-state index contributed by atoms with van der Waals surface area (Å²) in [6.45, 7) is 4.79. The van der Waals surface area contributed by atoms with Crippen LogP contribution in [-0.2, 0) is 0 Å². The summed E-state index contributed by atoms with van der Waals surface area (Å²) in [5.74, 6) is 1.18. The lowest BCUT2D eigenvalue weighted by Gasteiger charge is -2.10. The van der Waals surface area contributed by atoms with Crippen LogP contribution in [0.15, 0.2) is 30.3 Å². The van der Waals surface area contributed by atoms with E-state index in [9.17, 15) is 0 Å². The normalized spacial score (nSPS) is 10.5. The van der Waals surface area contributed by atoms with Crippen LogP contribution in [0.1, 0.15) is 13.8 Å². The second-order valence-corrected chi connectivity index (χ2v) is 4.80. The Morgan fingerprint density at radius 1 is 1.14 bits per heavy atom. The van der Waals surface area contributed by atoms with Crippen LogP contribution in [0.25, 0.3) is 0 Å². The highest BCUT2D eigenvalue weighted by Gasteiger charge is 2.07. The predicted molar refractivity (Wildman–Crippen MR) is 81.0 cm³/mol. The SMILES string of the molecule is CC(C)Oc1nc(Cl)nc(NCCOc2ccccc2)n1. The van der Waals surface area contributed by atoms with Crippen molar-refractivity contribution >= 4 is 17.5 Å². The summed E-state index contributed by atoms with van der Waals surface area (Å²) >= 11 is 5.83. The number of anilines is 1. The molecule has 0 aliphatic rings. The maximum Gasteiger partial charge on any atom is 0.322 e. The van der Waals surface area contributed by atoms with Crippen molar-refractivity contribution in [1.29, 1.82) is 0 Å². The fourth-order valence-electron chi connectivity index (χ4n) is 1.52. The highest BCUT2D eigenvalue weighted by Crippen LogP contribution is 2.12. The molecule has 0 fully saturated rings. The number of hydrogen-bond donors (Lipinski definition) is 1. The molecule has 0 spiro atoms. The van der Waals surface area contributed by atoms with Crippen molar-refractivity contribution in [3.05, 3.63) is 35.6 Å². The molecular formula is C14H17ClN4O2. The minimum Gasteiger partial charge on any atom is -0.492 e. The van der Waals surface area contributed by atoms with E-state index in [4.69, 9.17) is 21.1 Å². The number of rotatable bonds is 7. The number of para-hydroxylation sites is 1. The summed E-state index contributed by atoms with van der Waals surface area (Å²) in [4.78, 5) is 12.0. The maximum atomic E-state index is 5.83. The lowest BCUT2D eigenvalue weighted by molar-refractivity contribution is 0.222. The fraction of sp³-hybridized carbons (Fsp3) is 0.357. The zero-order valence-corrected chi connectivity index (χ0v) is 12.7. The molecule has 2 aromatic rings. The Morgan fingerprint density at radius 2 is 1.90 bits per heavy atom. The van der Waals surface area contributed by atoms with Gasteiger partial charge in [0.15, 0.2) is 0 Å². The number of benzene rings is 1. The van der Waals surface area contributed by atoms with Crippen molar-refractivity contribution in [3.63, 3.8) is 0 Å². The van der Waals surface area contributed by atoms with E-state index in [1.54, 1.807) is 0 Å². The van der Waals surface area contributed by atoms with Crippen LogP contribution in [0.3, 0.4) is 0 Å². The minimum atomic E-state index is -0.0299. The number of nitrogens with one attached hydrogen (secondary N) is 1. The predicted octanol–water partition coefficient (Wildman–Crippen LogP) is 2.80. The Balaban J connectivity index is 1.84. The van der Waals surface area contributed by atoms with Crippen molar-refractivity contribution in [1.82, 2.24) is 15.0 Å². The summed E-state index contributed by atoms with van der Waals surface area (Å²) in [7, 11) is 0. The molecule has 0 bridgehead atoms.